The molecule has 28 heavy (non-hydrogen) atoms. The van der Waals surface area contributed by atoms with Crippen LogP contribution in [0.2, 0.25) is 0 Å². The number of carbonyl (C=O) groups excluding carboxylic acids is 1. The standard InChI is InChI=1S/C20H22N4O4/c1-12(2)18-22-19(28-23-18)13-5-8-24(9-6-13)20(26)21-14-3-4-17-15(11-14)16(25)7-10-27-17/h3-4,7,10-13H,5-6,8-9H2,1-2H3,(H,21,26). The molecule has 0 bridgehead atoms. The van der Waals surface area contributed by atoms with Crippen LogP contribution in [-0.4, -0.2) is 34.2 Å². The van der Waals surface area contributed by atoms with Gasteiger partial charge < -0.3 is 19.2 Å². The second kappa shape index (κ2) is 7.46. The fourth-order valence-corrected chi connectivity index (χ4v) is 3.34. The minimum atomic E-state index is -0.188. The number of rotatable bonds is 3. The number of piperidine rings is 1. The number of amides is 2. The van der Waals surface area contributed by atoms with Gasteiger partial charge in [0.25, 0.3) is 0 Å². The van der Waals surface area contributed by atoms with Crippen molar-refractivity contribution in [1.29, 1.82) is 0 Å². The SMILES string of the molecule is CC(C)c1noc(C2CCN(C(=O)Nc3ccc4occc(=O)c4c3)CC2)n1. The molecule has 146 valence electrons. The van der Waals surface area contributed by atoms with Gasteiger partial charge in [0.2, 0.25) is 5.89 Å². The van der Waals surface area contributed by atoms with E-state index in [1.54, 1.807) is 23.1 Å². The summed E-state index contributed by atoms with van der Waals surface area (Å²) < 4.78 is 10.7. The summed E-state index contributed by atoms with van der Waals surface area (Å²) in [6.45, 7) is 5.26. The highest BCUT2D eigenvalue weighted by atomic mass is 16.5. The molecule has 2 aromatic heterocycles. The van der Waals surface area contributed by atoms with Crippen LogP contribution >= 0.6 is 0 Å². The van der Waals surface area contributed by atoms with Gasteiger partial charge in [0.15, 0.2) is 11.3 Å². The third-order valence-electron chi connectivity index (χ3n) is 5.02. The van der Waals surface area contributed by atoms with Crippen LogP contribution in [0.3, 0.4) is 0 Å². The molecular weight excluding hydrogens is 360 g/mol. The zero-order valence-corrected chi connectivity index (χ0v) is 15.8. The predicted octanol–water partition coefficient (Wildman–Crippen LogP) is 3.71. The smallest absolute Gasteiger partial charge is 0.321 e. The van der Waals surface area contributed by atoms with E-state index in [1.807, 2.05) is 13.8 Å². The average Bonchev–Trinajstić information content (AvgIpc) is 3.19. The van der Waals surface area contributed by atoms with Crippen molar-refractivity contribution in [1.82, 2.24) is 15.0 Å². The molecule has 1 aromatic carbocycles. The summed E-state index contributed by atoms with van der Waals surface area (Å²) in [5, 5.41) is 7.32. The highest BCUT2D eigenvalue weighted by molar-refractivity contribution is 5.92. The van der Waals surface area contributed by atoms with Crippen LogP contribution in [0, 0.1) is 0 Å². The zero-order chi connectivity index (χ0) is 19.7. The molecule has 2 amide bonds. The van der Waals surface area contributed by atoms with E-state index in [9.17, 15) is 9.59 Å². The van der Waals surface area contributed by atoms with Crippen molar-refractivity contribution in [2.75, 3.05) is 18.4 Å². The maximum Gasteiger partial charge on any atom is 0.321 e. The van der Waals surface area contributed by atoms with Crippen molar-refractivity contribution in [3.63, 3.8) is 0 Å². The lowest BCUT2D eigenvalue weighted by Crippen LogP contribution is -2.40. The summed E-state index contributed by atoms with van der Waals surface area (Å²) in [7, 11) is 0. The zero-order valence-electron chi connectivity index (χ0n) is 15.8. The Kier molecular flexibility index (Phi) is 4.85. The molecule has 1 fully saturated rings. The Morgan fingerprint density at radius 2 is 2.04 bits per heavy atom. The third kappa shape index (κ3) is 3.62. The van der Waals surface area contributed by atoms with Gasteiger partial charge in [-0.05, 0) is 31.0 Å². The molecule has 0 aliphatic carbocycles. The van der Waals surface area contributed by atoms with E-state index in [1.165, 1.54) is 12.3 Å². The van der Waals surface area contributed by atoms with E-state index in [-0.39, 0.29) is 23.3 Å². The molecule has 0 unspecified atom stereocenters. The number of nitrogens with zero attached hydrogens (tertiary/aromatic N) is 3. The molecule has 4 rings (SSSR count). The molecular formula is C20H22N4O4. The predicted molar refractivity (Wildman–Crippen MR) is 103 cm³/mol. The lowest BCUT2D eigenvalue weighted by Gasteiger charge is -2.30. The van der Waals surface area contributed by atoms with E-state index >= 15 is 0 Å². The van der Waals surface area contributed by atoms with Gasteiger partial charge in [-0.1, -0.05) is 19.0 Å². The second-order valence-electron chi connectivity index (χ2n) is 7.33. The van der Waals surface area contributed by atoms with Crippen LogP contribution in [0.25, 0.3) is 11.0 Å². The molecule has 0 radical (unpaired) electrons. The lowest BCUT2D eigenvalue weighted by molar-refractivity contribution is 0.187. The van der Waals surface area contributed by atoms with Gasteiger partial charge >= 0.3 is 6.03 Å². The molecule has 3 heterocycles. The van der Waals surface area contributed by atoms with Crippen LogP contribution in [0.4, 0.5) is 10.5 Å². The molecule has 8 nitrogen and oxygen atoms in total. The van der Waals surface area contributed by atoms with Gasteiger partial charge in [-0.25, -0.2) is 4.79 Å². The number of fused-ring (bicyclic) bond motifs is 1. The molecule has 1 N–H and O–H groups in total. The monoisotopic (exact) mass is 382 g/mol. The Bertz CT molecular complexity index is 1050. The number of hydrogen-bond donors (Lipinski definition) is 1. The fourth-order valence-electron chi connectivity index (χ4n) is 3.34. The van der Waals surface area contributed by atoms with Crippen LogP contribution < -0.4 is 10.7 Å². The largest absolute Gasteiger partial charge is 0.464 e. The Morgan fingerprint density at radius 1 is 1.25 bits per heavy atom. The van der Waals surface area contributed by atoms with E-state index in [0.29, 0.717) is 35.6 Å². The number of hydrogen-bond acceptors (Lipinski definition) is 6. The summed E-state index contributed by atoms with van der Waals surface area (Å²) in [5.74, 6) is 1.78. The van der Waals surface area contributed by atoms with E-state index in [2.05, 4.69) is 15.5 Å². The number of urea groups is 1. The molecule has 8 heteroatoms. The first-order valence-corrected chi connectivity index (χ1v) is 9.42. The van der Waals surface area contributed by atoms with Crippen molar-refractivity contribution in [2.24, 2.45) is 0 Å². The van der Waals surface area contributed by atoms with Gasteiger partial charge in [0, 0.05) is 36.7 Å². The van der Waals surface area contributed by atoms with Crippen LogP contribution in [0.1, 0.15) is 50.2 Å². The normalized spacial score (nSPS) is 15.3. The van der Waals surface area contributed by atoms with E-state index in [4.69, 9.17) is 8.94 Å². The molecule has 3 aromatic rings. The highest BCUT2D eigenvalue weighted by Gasteiger charge is 2.28. The number of carbonyl (C=O) groups is 1. The van der Waals surface area contributed by atoms with Gasteiger partial charge in [-0.2, -0.15) is 4.98 Å². The summed E-state index contributed by atoms with van der Waals surface area (Å²) in [4.78, 5) is 30.7. The van der Waals surface area contributed by atoms with Crippen LogP contribution in [0.5, 0.6) is 0 Å². The number of aromatic nitrogens is 2. The topological polar surface area (TPSA) is 101 Å². The van der Waals surface area contributed by atoms with Crippen molar-refractivity contribution >= 4 is 22.7 Å². The lowest BCUT2D eigenvalue weighted by atomic mass is 9.97. The first-order valence-electron chi connectivity index (χ1n) is 9.42. The fraction of sp³-hybridized carbons (Fsp3) is 0.400. The molecule has 0 saturated carbocycles. The quantitative estimate of drug-likeness (QED) is 0.741. The number of benzene rings is 1. The van der Waals surface area contributed by atoms with Gasteiger partial charge in [0.05, 0.1) is 11.6 Å². The van der Waals surface area contributed by atoms with Crippen molar-refractivity contribution in [2.45, 2.75) is 38.5 Å². The summed E-state index contributed by atoms with van der Waals surface area (Å²) >= 11 is 0. The molecule has 1 saturated heterocycles. The molecule has 0 spiro atoms. The van der Waals surface area contributed by atoms with Crippen LogP contribution in [-0.2, 0) is 0 Å². The Labute approximate surface area is 161 Å². The Balaban J connectivity index is 1.39. The molecule has 0 atom stereocenters. The Morgan fingerprint density at radius 3 is 2.75 bits per heavy atom. The summed E-state index contributed by atoms with van der Waals surface area (Å²) in [5.41, 5.74) is 0.918. The minimum Gasteiger partial charge on any atom is -0.464 e. The summed E-state index contributed by atoms with van der Waals surface area (Å²) in [6, 6.07) is 6.22. The third-order valence-corrected chi connectivity index (χ3v) is 5.02. The minimum absolute atomic E-state index is 0.140. The maximum atomic E-state index is 12.6. The first kappa shape index (κ1) is 18.2. The van der Waals surface area contributed by atoms with Crippen molar-refractivity contribution < 1.29 is 13.7 Å². The number of likely N-dealkylation sites (tertiary alicyclic amines) is 1. The number of nitrogens with one attached hydrogen (secondary N) is 1. The average molecular weight is 382 g/mol. The second-order valence-corrected chi connectivity index (χ2v) is 7.33. The number of anilines is 1. The van der Waals surface area contributed by atoms with Crippen molar-refractivity contribution in [3.8, 4) is 0 Å². The van der Waals surface area contributed by atoms with Gasteiger partial charge in [-0.3, -0.25) is 4.79 Å². The van der Waals surface area contributed by atoms with Gasteiger partial charge in [0.1, 0.15) is 5.58 Å². The Hall–Kier alpha value is -3.16. The molecule has 1 aliphatic heterocycles. The molecule has 1 aliphatic rings. The summed E-state index contributed by atoms with van der Waals surface area (Å²) in [6.07, 6.45) is 2.91. The van der Waals surface area contributed by atoms with Crippen LogP contribution in [0.15, 0.2) is 44.3 Å². The van der Waals surface area contributed by atoms with E-state index < -0.39 is 0 Å². The van der Waals surface area contributed by atoms with E-state index in [0.717, 1.165) is 18.7 Å². The highest BCUT2D eigenvalue weighted by Crippen LogP contribution is 2.28. The van der Waals surface area contributed by atoms with Crippen molar-refractivity contribution in [3.05, 3.63) is 52.5 Å². The first-order chi connectivity index (χ1) is 13.5. The maximum absolute atomic E-state index is 12.6. The van der Waals surface area contributed by atoms with Gasteiger partial charge in [-0.15, -0.1) is 0 Å².